The number of benzene rings is 1. The molecule has 0 bridgehead atoms. The van der Waals surface area contributed by atoms with E-state index in [1.807, 2.05) is 0 Å². The topological polar surface area (TPSA) is 129 Å². The van der Waals surface area contributed by atoms with Crippen molar-refractivity contribution in [2.24, 2.45) is 11.7 Å². The molecule has 37 heavy (non-hydrogen) atoms. The predicted molar refractivity (Wildman–Crippen MR) is 133 cm³/mol. The lowest BCUT2D eigenvalue weighted by Crippen LogP contribution is -2.55. The molecule has 1 unspecified atom stereocenters. The first-order chi connectivity index (χ1) is 16.7. The molecule has 1 aromatic carbocycles. The summed E-state index contributed by atoms with van der Waals surface area (Å²) in [4.78, 5) is 30.7. The first kappa shape index (κ1) is 30.6. The fourth-order valence-electron chi connectivity index (χ4n) is 3.70. The molecule has 10 nitrogen and oxygen atoms in total. The van der Waals surface area contributed by atoms with Crippen molar-refractivity contribution in [2.75, 3.05) is 26.2 Å². The largest absolute Gasteiger partial charge is 0.489 e. The Labute approximate surface area is 225 Å². The second kappa shape index (κ2) is 13.2. The van der Waals surface area contributed by atoms with Gasteiger partial charge in [-0.05, 0) is 43.9 Å². The van der Waals surface area contributed by atoms with Gasteiger partial charge in [-0.25, -0.2) is 4.98 Å². The summed E-state index contributed by atoms with van der Waals surface area (Å²) >= 11 is 0. The lowest BCUT2D eigenvalue weighted by molar-refractivity contribution is -0.154. The van der Waals surface area contributed by atoms with Gasteiger partial charge in [-0.15, -0.1) is 24.8 Å². The maximum Gasteiger partial charge on any atom is 0.387 e. The number of nitrogens with one attached hydrogen (secondary N) is 1. The third-order valence-electron chi connectivity index (χ3n) is 5.61. The first-order valence-corrected chi connectivity index (χ1v) is 11.4. The lowest BCUT2D eigenvalue weighted by atomic mass is 10.2. The summed E-state index contributed by atoms with van der Waals surface area (Å²) in [6.45, 7) is 1.35. The summed E-state index contributed by atoms with van der Waals surface area (Å²) in [5, 5.41) is 3.08. The van der Waals surface area contributed by atoms with Gasteiger partial charge in [-0.2, -0.15) is 8.78 Å². The maximum absolute atomic E-state index is 13.4. The number of piperazine rings is 1. The SMILES string of the molecule is CC(=O)OC1CNCCN1C(=O)c1nc(-c2ccc(OC(F)F)c(OCC3CC3)c2)oc1[C@H](C)N.Cl.Cl. The highest BCUT2D eigenvalue weighted by Gasteiger charge is 2.34. The van der Waals surface area contributed by atoms with Crippen LogP contribution in [0.1, 0.15) is 49.0 Å². The van der Waals surface area contributed by atoms with Gasteiger partial charge in [0, 0.05) is 25.6 Å². The van der Waals surface area contributed by atoms with Crippen LogP contribution in [-0.4, -0.2) is 60.8 Å². The van der Waals surface area contributed by atoms with Crippen LogP contribution in [0.5, 0.6) is 11.5 Å². The molecule has 1 aromatic heterocycles. The molecular formula is C23H30Cl2F2N4O6. The van der Waals surface area contributed by atoms with Crippen molar-refractivity contribution in [2.45, 2.75) is 45.6 Å². The van der Waals surface area contributed by atoms with Crippen LogP contribution in [0.4, 0.5) is 8.78 Å². The Morgan fingerprint density at radius 2 is 2.00 bits per heavy atom. The van der Waals surface area contributed by atoms with Gasteiger partial charge < -0.3 is 29.7 Å². The smallest absolute Gasteiger partial charge is 0.387 e. The summed E-state index contributed by atoms with van der Waals surface area (Å²) in [7, 11) is 0. The van der Waals surface area contributed by atoms with Gasteiger partial charge in [-0.1, -0.05) is 0 Å². The Morgan fingerprint density at radius 3 is 2.62 bits per heavy atom. The molecule has 1 saturated heterocycles. The molecule has 2 heterocycles. The second-order valence-corrected chi connectivity index (χ2v) is 8.58. The fraction of sp³-hybridized carbons (Fsp3) is 0.522. The number of hydrogen-bond acceptors (Lipinski definition) is 9. The van der Waals surface area contributed by atoms with Crippen molar-refractivity contribution in [1.29, 1.82) is 0 Å². The van der Waals surface area contributed by atoms with Crippen molar-refractivity contribution in [3.8, 4) is 23.0 Å². The van der Waals surface area contributed by atoms with Gasteiger partial charge in [0.1, 0.15) is 0 Å². The number of oxazole rings is 1. The first-order valence-electron chi connectivity index (χ1n) is 11.4. The molecular weight excluding hydrogens is 537 g/mol. The number of nitrogens with two attached hydrogens (primary N) is 1. The quantitative estimate of drug-likeness (QED) is 0.438. The third-order valence-corrected chi connectivity index (χ3v) is 5.61. The number of esters is 1. The molecule has 1 amide bonds. The van der Waals surface area contributed by atoms with E-state index in [2.05, 4.69) is 15.0 Å². The van der Waals surface area contributed by atoms with Crippen LogP contribution < -0.4 is 20.5 Å². The summed E-state index contributed by atoms with van der Waals surface area (Å²) < 4.78 is 47.1. The number of amides is 1. The minimum Gasteiger partial charge on any atom is -0.489 e. The summed E-state index contributed by atoms with van der Waals surface area (Å²) in [6, 6.07) is 3.64. The number of hydrogen-bond donors (Lipinski definition) is 2. The van der Waals surface area contributed by atoms with E-state index in [0.29, 0.717) is 24.6 Å². The number of ether oxygens (including phenoxy) is 3. The normalized spacial score (nSPS) is 17.9. The molecule has 0 radical (unpaired) electrons. The van der Waals surface area contributed by atoms with E-state index in [0.717, 1.165) is 12.8 Å². The summed E-state index contributed by atoms with van der Waals surface area (Å²) in [5.74, 6) is -0.390. The number of halogens is 4. The van der Waals surface area contributed by atoms with Gasteiger partial charge in [-0.3, -0.25) is 14.5 Å². The molecule has 4 rings (SSSR count). The van der Waals surface area contributed by atoms with E-state index >= 15 is 0 Å². The van der Waals surface area contributed by atoms with Gasteiger partial charge in [0.05, 0.1) is 19.2 Å². The van der Waals surface area contributed by atoms with Gasteiger partial charge >= 0.3 is 12.6 Å². The van der Waals surface area contributed by atoms with Crippen molar-refractivity contribution >= 4 is 36.7 Å². The highest BCUT2D eigenvalue weighted by Crippen LogP contribution is 2.37. The molecule has 2 aliphatic rings. The molecule has 2 aromatic rings. The number of rotatable bonds is 9. The highest BCUT2D eigenvalue weighted by atomic mass is 35.5. The van der Waals surface area contributed by atoms with Crippen molar-refractivity contribution < 1.29 is 37.0 Å². The van der Waals surface area contributed by atoms with Crippen LogP contribution >= 0.6 is 24.8 Å². The van der Waals surface area contributed by atoms with E-state index in [9.17, 15) is 18.4 Å². The monoisotopic (exact) mass is 566 g/mol. The Kier molecular flexibility index (Phi) is 10.9. The number of carbonyl (C=O) groups is 2. The van der Waals surface area contributed by atoms with Crippen LogP contribution in [0.2, 0.25) is 0 Å². The lowest BCUT2D eigenvalue weighted by Gasteiger charge is -2.34. The number of carbonyl (C=O) groups excluding carboxylic acids is 2. The molecule has 0 spiro atoms. The molecule has 2 atom stereocenters. The average Bonchev–Trinajstić information content (AvgIpc) is 3.52. The highest BCUT2D eigenvalue weighted by molar-refractivity contribution is 5.94. The molecule has 14 heteroatoms. The molecule has 1 aliphatic carbocycles. The molecule has 3 N–H and O–H groups in total. The van der Waals surface area contributed by atoms with Crippen molar-refractivity contribution in [3.05, 3.63) is 29.7 Å². The number of aromatic nitrogens is 1. The summed E-state index contributed by atoms with van der Waals surface area (Å²) in [6.07, 6.45) is 1.24. The average molecular weight is 567 g/mol. The van der Waals surface area contributed by atoms with Crippen LogP contribution in [0.3, 0.4) is 0 Å². The van der Waals surface area contributed by atoms with E-state index in [1.165, 1.54) is 30.0 Å². The second-order valence-electron chi connectivity index (χ2n) is 8.58. The van der Waals surface area contributed by atoms with E-state index in [1.54, 1.807) is 6.92 Å². The zero-order chi connectivity index (χ0) is 25.1. The van der Waals surface area contributed by atoms with E-state index in [4.69, 9.17) is 19.6 Å². The minimum absolute atomic E-state index is 0. The molecule has 1 saturated carbocycles. The Morgan fingerprint density at radius 1 is 1.27 bits per heavy atom. The third kappa shape index (κ3) is 7.67. The zero-order valence-corrected chi connectivity index (χ0v) is 21.9. The maximum atomic E-state index is 13.4. The minimum atomic E-state index is -3.01. The van der Waals surface area contributed by atoms with Crippen LogP contribution in [-0.2, 0) is 9.53 Å². The molecule has 206 valence electrons. The zero-order valence-electron chi connectivity index (χ0n) is 20.3. The fourth-order valence-corrected chi connectivity index (χ4v) is 3.70. The number of nitrogens with zero attached hydrogens (tertiary/aromatic N) is 2. The standard InChI is InChI=1S/C23H28F2N4O6.2ClH/c1-12(26)20-19(22(31)29-8-7-27-10-18(29)33-13(2)30)28-21(35-20)15-5-6-16(34-23(24)25)17(9-15)32-11-14-3-4-14;;/h5-6,9,12,14,18,23,27H,3-4,7-8,10-11,26H2,1-2H3;2*1H/t12-,18?;;/m0../s1. The predicted octanol–water partition coefficient (Wildman–Crippen LogP) is 3.53. The van der Waals surface area contributed by atoms with Crippen LogP contribution in [0, 0.1) is 5.92 Å². The van der Waals surface area contributed by atoms with Gasteiger partial charge in [0.2, 0.25) is 5.89 Å². The van der Waals surface area contributed by atoms with Crippen LogP contribution in [0.25, 0.3) is 11.5 Å². The Bertz CT molecular complexity index is 1080. The van der Waals surface area contributed by atoms with Gasteiger partial charge in [0.25, 0.3) is 5.91 Å². The Balaban J connectivity index is 0.00000241. The molecule has 2 fully saturated rings. The van der Waals surface area contributed by atoms with Crippen molar-refractivity contribution in [1.82, 2.24) is 15.2 Å². The summed E-state index contributed by atoms with van der Waals surface area (Å²) in [5.41, 5.74) is 6.44. The number of alkyl halides is 2. The van der Waals surface area contributed by atoms with Crippen LogP contribution in [0.15, 0.2) is 22.6 Å². The van der Waals surface area contributed by atoms with E-state index in [-0.39, 0.29) is 66.7 Å². The van der Waals surface area contributed by atoms with E-state index < -0.39 is 30.8 Å². The van der Waals surface area contributed by atoms with Crippen molar-refractivity contribution in [3.63, 3.8) is 0 Å². The molecule has 1 aliphatic heterocycles. The Hall–Kier alpha value is -2.67. The van der Waals surface area contributed by atoms with Gasteiger partial charge in [0.15, 0.2) is 29.2 Å².